The number of benzene rings is 2. The van der Waals surface area contributed by atoms with Gasteiger partial charge in [0, 0.05) is 23.4 Å². The third kappa shape index (κ3) is 4.34. The van der Waals surface area contributed by atoms with Crippen LogP contribution in [0.3, 0.4) is 0 Å². The maximum atomic E-state index is 12.7. The number of methoxy groups -OCH3 is 1. The van der Waals surface area contributed by atoms with Gasteiger partial charge in [-0.3, -0.25) is 4.79 Å². The first kappa shape index (κ1) is 19.5. The molecule has 1 heterocycles. The van der Waals surface area contributed by atoms with Crippen molar-refractivity contribution in [1.82, 2.24) is 9.97 Å². The van der Waals surface area contributed by atoms with Gasteiger partial charge in [0.05, 0.1) is 17.7 Å². The fourth-order valence-electron chi connectivity index (χ4n) is 2.61. The lowest BCUT2D eigenvalue weighted by Crippen LogP contribution is -2.15. The minimum atomic E-state index is -3.41. The van der Waals surface area contributed by atoms with Crippen LogP contribution in [-0.4, -0.2) is 37.7 Å². The number of nitrogens with zero attached hydrogens (tertiary/aromatic N) is 2. The van der Waals surface area contributed by atoms with Gasteiger partial charge in [-0.15, -0.1) is 0 Å². The number of carbonyl (C=O) groups is 1. The monoisotopic (exact) mass is 397 g/mol. The minimum Gasteiger partial charge on any atom is -0.497 e. The Labute approximate surface area is 163 Å². The molecular formula is C20H19N3O4S. The van der Waals surface area contributed by atoms with Crippen LogP contribution in [-0.2, 0) is 9.84 Å². The van der Waals surface area contributed by atoms with E-state index in [-0.39, 0.29) is 10.5 Å². The van der Waals surface area contributed by atoms with E-state index in [1.165, 1.54) is 18.5 Å². The second-order valence-corrected chi connectivity index (χ2v) is 8.24. The molecule has 3 aromatic rings. The van der Waals surface area contributed by atoms with E-state index in [1.807, 2.05) is 24.3 Å². The van der Waals surface area contributed by atoms with Crippen LogP contribution in [0.25, 0.3) is 11.3 Å². The van der Waals surface area contributed by atoms with E-state index < -0.39 is 15.7 Å². The Kier molecular flexibility index (Phi) is 5.41. The zero-order chi connectivity index (χ0) is 20.3. The molecule has 0 atom stereocenters. The predicted molar refractivity (Wildman–Crippen MR) is 106 cm³/mol. The maximum absolute atomic E-state index is 12.7. The zero-order valence-electron chi connectivity index (χ0n) is 15.6. The first-order valence-corrected chi connectivity index (χ1v) is 10.3. The summed E-state index contributed by atoms with van der Waals surface area (Å²) in [4.78, 5) is 21.1. The number of carbonyl (C=O) groups excluding carboxylic acids is 1. The van der Waals surface area contributed by atoms with E-state index >= 15 is 0 Å². The summed E-state index contributed by atoms with van der Waals surface area (Å²) in [5.74, 6) is 0.602. The van der Waals surface area contributed by atoms with Crippen LogP contribution in [0.15, 0.2) is 59.8 Å². The Balaban J connectivity index is 1.87. The molecule has 0 aliphatic rings. The van der Waals surface area contributed by atoms with Gasteiger partial charge in [-0.1, -0.05) is 6.07 Å². The number of aromatic nitrogens is 2. The minimum absolute atomic E-state index is 0.0878. The van der Waals surface area contributed by atoms with E-state index in [9.17, 15) is 13.2 Å². The standard InChI is InChI=1S/C20H19N3O4S/c1-13-4-9-16(28(3,25)26)10-17(13)20(24)23-19-11-18(21-12-22-19)14-5-7-15(27-2)8-6-14/h4-12H,1-3H3,(H,21,22,23,24). The summed E-state index contributed by atoms with van der Waals surface area (Å²) in [6.45, 7) is 1.74. The molecule has 0 saturated carbocycles. The highest BCUT2D eigenvalue weighted by Gasteiger charge is 2.15. The van der Waals surface area contributed by atoms with Crippen molar-refractivity contribution in [2.45, 2.75) is 11.8 Å². The van der Waals surface area contributed by atoms with Gasteiger partial charge in [-0.25, -0.2) is 18.4 Å². The first-order valence-electron chi connectivity index (χ1n) is 8.36. The Morgan fingerprint density at radius 3 is 2.39 bits per heavy atom. The summed E-state index contributed by atoms with van der Waals surface area (Å²) in [7, 11) is -1.82. The van der Waals surface area contributed by atoms with Crippen LogP contribution in [0.1, 0.15) is 15.9 Å². The highest BCUT2D eigenvalue weighted by atomic mass is 32.2. The van der Waals surface area contributed by atoms with Gasteiger partial charge in [-0.05, 0) is 48.9 Å². The van der Waals surface area contributed by atoms with E-state index in [4.69, 9.17) is 4.74 Å². The number of rotatable bonds is 5. The lowest BCUT2D eigenvalue weighted by atomic mass is 10.1. The van der Waals surface area contributed by atoms with Crippen LogP contribution in [0.5, 0.6) is 5.75 Å². The summed E-state index contributed by atoms with van der Waals surface area (Å²) in [6, 6.07) is 13.4. The molecule has 0 aliphatic heterocycles. The van der Waals surface area contributed by atoms with Crippen LogP contribution in [0.2, 0.25) is 0 Å². The smallest absolute Gasteiger partial charge is 0.257 e. The summed E-state index contributed by atoms with van der Waals surface area (Å²) in [5.41, 5.74) is 2.41. The molecule has 28 heavy (non-hydrogen) atoms. The Morgan fingerprint density at radius 1 is 1.04 bits per heavy atom. The molecule has 0 saturated heterocycles. The van der Waals surface area contributed by atoms with Crippen molar-refractivity contribution in [2.75, 3.05) is 18.7 Å². The second kappa shape index (κ2) is 7.77. The van der Waals surface area contributed by atoms with Crippen LogP contribution < -0.4 is 10.1 Å². The maximum Gasteiger partial charge on any atom is 0.257 e. The lowest BCUT2D eigenvalue weighted by Gasteiger charge is -2.10. The molecule has 0 spiro atoms. The molecule has 8 heteroatoms. The third-order valence-electron chi connectivity index (χ3n) is 4.18. The fourth-order valence-corrected chi connectivity index (χ4v) is 3.25. The quantitative estimate of drug-likeness (QED) is 0.710. The molecule has 1 aromatic heterocycles. The average Bonchev–Trinajstić information content (AvgIpc) is 2.67. The molecule has 0 radical (unpaired) electrons. The van der Waals surface area contributed by atoms with Crippen molar-refractivity contribution in [3.8, 4) is 17.0 Å². The number of amides is 1. The normalized spacial score (nSPS) is 11.1. The van der Waals surface area contributed by atoms with Crippen molar-refractivity contribution < 1.29 is 17.9 Å². The SMILES string of the molecule is COc1ccc(-c2cc(NC(=O)c3cc(S(C)(=O)=O)ccc3C)ncn2)cc1. The molecule has 0 bridgehead atoms. The molecular weight excluding hydrogens is 378 g/mol. The highest BCUT2D eigenvalue weighted by Crippen LogP contribution is 2.22. The second-order valence-electron chi connectivity index (χ2n) is 6.22. The van der Waals surface area contributed by atoms with Crippen LogP contribution in [0, 0.1) is 6.92 Å². The average molecular weight is 397 g/mol. The Hall–Kier alpha value is -3.26. The van der Waals surface area contributed by atoms with Crippen LogP contribution in [0.4, 0.5) is 5.82 Å². The van der Waals surface area contributed by atoms with E-state index in [1.54, 1.807) is 26.2 Å². The highest BCUT2D eigenvalue weighted by molar-refractivity contribution is 7.90. The van der Waals surface area contributed by atoms with E-state index in [2.05, 4.69) is 15.3 Å². The number of sulfone groups is 1. The van der Waals surface area contributed by atoms with Gasteiger partial charge in [-0.2, -0.15) is 0 Å². The van der Waals surface area contributed by atoms with Crippen molar-refractivity contribution >= 4 is 21.6 Å². The van der Waals surface area contributed by atoms with Gasteiger partial charge in [0.15, 0.2) is 9.84 Å². The number of hydrogen-bond acceptors (Lipinski definition) is 6. The fraction of sp³-hybridized carbons (Fsp3) is 0.150. The molecule has 144 valence electrons. The van der Waals surface area contributed by atoms with Crippen LogP contribution >= 0.6 is 0 Å². The molecule has 0 aliphatic carbocycles. The Bertz CT molecular complexity index is 1130. The molecule has 3 rings (SSSR count). The lowest BCUT2D eigenvalue weighted by molar-refractivity contribution is 0.102. The van der Waals surface area contributed by atoms with Crippen molar-refractivity contribution in [3.05, 3.63) is 66.0 Å². The summed E-state index contributed by atoms with van der Waals surface area (Å²) in [6.07, 6.45) is 2.46. The summed E-state index contributed by atoms with van der Waals surface area (Å²) >= 11 is 0. The molecule has 2 aromatic carbocycles. The number of anilines is 1. The molecule has 7 nitrogen and oxygen atoms in total. The molecule has 1 amide bonds. The number of nitrogens with one attached hydrogen (secondary N) is 1. The predicted octanol–water partition coefficient (Wildman–Crippen LogP) is 3.12. The van der Waals surface area contributed by atoms with Crippen molar-refractivity contribution in [2.24, 2.45) is 0 Å². The number of aryl methyl sites for hydroxylation is 1. The largest absolute Gasteiger partial charge is 0.497 e. The van der Waals surface area contributed by atoms with Gasteiger partial charge >= 0.3 is 0 Å². The zero-order valence-corrected chi connectivity index (χ0v) is 16.4. The van der Waals surface area contributed by atoms with E-state index in [0.29, 0.717) is 17.1 Å². The third-order valence-corrected chi connectivity index (χ3v) is 5.29. The number of hydrogen-bond donors (Lipinski definition) is 1. The Morgan fingerprint density at radius 2 is 1.75 bits per heavy atom. The topological polar surface area (TPSA) is 98.2 Å². The van der Waals surface area contributed by atoms with Gasteiger partial charge in [0.1, 0.15) is 17.9 Å². The molecule has 0 fully saturated rings. The summed E-state index contributed by atoms with van der Waals surface area (Å²) < 4.78 is 28.7. The van der Waals surface area contributed by atoms with Crippen molar-refractivity contribution in [1.29, 1.82) is 0 Å². The summed E-state index contributed by atoms with van der Waals surface area (Å²) in [5, 5.41) is 2.70. The van der Waals surface area contributed by atoms with Gasteiger partial charge < -0.3 is 10.1 Å². The van der Waals surface area contributed by atoms with Gasteiger partial charge in [0.25, 0.3) is 5.91 Å². The van der Waals surface area contributed by atoms with Crippen molar-refractivity contribution in [3.63, 3.8) is 0 Å². The molecule has 0 unspecified atom stereocenters. The van der Waals surface area contributed by atoms with Gasteiger partial charge in [0.2, 0.25) is 0 Å². The van der Waals surface area contributed by atoms with E-state index in [0.717, 1.165) is 17.6 Å². The number of ether oxygens (including phenoxy) is 1. The molecule has 1 N–H and O–H groups in total. The first-order chi connectivity index (χ1) is 13.3.